The summed E-state index contributed by atoms with van der Waals surface area (Å²) in [5, 5.41) is 0. The Kier molecular flexibility index (Phi) is 3.25. The Hall–Kier alpha value is -1.09. The molecule has 0 atom stereocenters. The van der Waals surface area contributed by atoms with Crippen LogP contribution in [0, 0.1) is 6.92 Å². The lowest BCUT2D eigenvalue weighted by atomic mass is 10.1. The van der Waals surface area contributed by atoms with Crippen molar-refractivity contribution in [2.24, 2.45) is 0 Å². The van der Waals surface area contributed by atoms with Gasteiger partial charge in [-0.15, -0.1) is 11.6 Å². The zero-order chi connectivity index (χ0) is 9.84. The van der Waals surface area contributed by atoms with Crippen molar-refractivity contribution in [3.8, 4) is 5.88 Å². The highest BCUT2D eigenvalue weighted by molar-refractivity contribution is 6.30. The number of carbonyl (C=O) groups is 1. The number of nitrogens with zero attached hydrogens (tertiary/aromatic N) is 1. The van der Waals surface area contributed by atoms with Crippen molar-refractivity contribution < 1.29 is 9.53 Å². The van der Waals surface area contributed by atoms with Gasteiger partial charge in [0.2, 0.25) is 5.88 Å². The Bertz CT molecular complexity index is 325. The van der Waals surface area contributed by atoms with Gasteiger partial charge in [0.05, 0.1) is 18.6 Å². The summed E-state index contributed by atoms with van der Waals surface area (Å²) in [6.07, 6.45) is 1.64. The molecule has 1 aromatic rings. The Labute approximate surface area is 81.7 Å². The topological polar surface area (TPSA) is 39.2 Å². The molecular formula is C9H10ClNO2. The van der Waals surface area contributed by atoms with Gasteiger partial charge < -0.3 is 4.74 Å². The van der Waals surface area contributed by atoms with Crippen molar-refractivity contribution in [1.82, 2.24) is 4.98 Å². The molecule has 0 fully saturated rings. The van der Waals surface area contributed by atoms with Crippen molar-refractivity contribution in [2.75, 3.05) is 13.0 Å². The van der Waals surface area contributed by atoms with E-state index in [1.807, 2.05) is 6.92 Å². The Morgan fingerprint density at radius 1 is 1.69 bits per heavy atom. The van der Waals surface area contributed by atoms with E-state index in [0.29, 0.717) is 11.4 Å². The van der Waals surface area contributed by atoms with E-state index in [4.69, 9.17) is 16.3 Å². The van der Waals surface area contributed by atoms with Crippen LogP contribution >= 0.6 is 11.6 Å². The third kappa shape index (κ3) is 2.18. The lowest BCUT2D eigenvalue weighted by molar-refractivity contribution is 0.101. The van der Waals surface area contributed by atoms with Crippen molar-refractivity contribution in [3.05, 3.63) is 23.4 Å². The molecule has 0 amide bonds. The lowest BCUT2D eigenvalue weighted by Crippen LogP contribution is -2.05. The van der Waals surface area contributed by atoms with Gasteiger partial charge in [-0.3, -0.25) is 4.79 Å². The fraction of sp³-hybridized carbons (Fsp3) is 0.333. The summed E-state index contributed by atoms with van der Waals surface area (Å²) < 4.78 is 4.93. The molecule has 0 saturated carbocycles. The maximum Gasteiger partial charge on any atom is 0.224 e. The number of carbonyl (C=O) groups excluding carboxylic acids is 1. The van der Waals surface area contributed by atoms with Gasteiger partial charge in [-0.2, -0.15) is 0 Å². The number of ketones is 1. The molecule has 0 aliphatic heterocycles. The quantitative estimate of drug-likeness (QED) is 0.551. The van der Waals surface area contributed by atoms with Crippen molar-refractivity contribution in [1.29, 1.82) is 0 Å². The van der Waals surface area contributed by atoms with E-state index in [0.717, 1.165) is 5.56 Å². The number of hydrogen-bond donors (Lipinski definition) is 0. The van der Waals surface area contributed by atoms with Crippen LogP contribution in [0.15, 0.2) is 12.3 Å². The Morgan fingerprint density at radius 3 is 2.92 bits per heavy atom. The molecule has 0 aliphatic carbocycles. The summed E-state index contributed by atoms with van der Waals surface area (Å²) in [5.41, 5.74) is 1.35. The highest BCUT2D eigenvalue weighted by atomic mass is 35.5. The normalized spacial score (nSPS) is 9.77. The second-order valence-corrected chi connectivity index (χ2v) is 2.89. The van der Waals surface area contributed by atoms with E-state index in [1.54, 1.807) is 12.3 Å². The van der Waals surface area contributed by atoms with Crippen LogP contribution in [-0.2, 0) is 0 Å². The second-order valence-electron chi connectivity index (χ2n) is 2.63. The average molecular weight is 200 g/mol. The van der Waals surface area contributed by atoms with Gasteiger partial charge in [0.25, 0.3) is 0 Å². The first-order valence-electron chi connectivity index (χ1n) is 3.79. The number of Topliss-reactive ketones (excluding diaryl/α,β-unsaturated/α-hetero) is 1. The van der Waals surface area contributed by atoms with Crippen LogP contribution < -0.4 is 4.74 Å². The van der Waals surface area contributed by atoms with E-state index in [1.165, 1.54) is 7.11 Å². The molecule has 13 heavy (non-hydrogen) atoms. The lowest BCUT2D eigenvalue weighted by Gasteiger charge is -2.05. The van der Waals surface area contributed by atoms with Crippen LogP contribution in [0.1, 0.15) is 15.9 Å². The Balaban J connectivity index is 3.15. The standard InChI is InChI=1S/C9H10ClNO2/c1-6-3-7(8(12)4-10)9(13-2)11-5-6/h3,5H,4H2,1-2H3. The minimum atomic E-state index is -0.172. The molecule has 0 unspecified atom stereocenters. The summed E-state index contributed by atoms with van der Waals surface area (Å²) in [7, 11) is 1.47. The monoisotopic (exact) mass is 199 g/mol. The zero-order valence-electron chi connectivity index (χ0n) is 7.50. The number of pyridine rings is 1. The summed E-state index contributed by atoms with van der Waals surface area (Å²) in [5.74, 6) is 0.104. The maximum absolute atomic E-state index is 11.3. The highest BCUT2D eigenvalue weighted by Crippen LogP contribution is 2.16. The molecule has 1 aromatic heterocycles. The van der Waals surface area contributed by atoms with Gasteiger partial charge in [0, 0.05) is 6.20 Å². The van der Waals surface area contributed by atoms with Crippen LogP contribution in [-0.4, -0.2) is 23.8 Å². The van der Waals surface area contributed by atoms with Crippen molar-refractivity contribution >= 4 is 17.4 Å². The minimum Gasteiger partial charge on any atom is -0.480 e. The number of aromatic nitrogens is 1. The number of halogens is 1. The third-order valence-electron chi connectivity index (χ3n) is 1.60. The summed E-state index contributed by atoms with van der Waals surface area (Å²) in [4.78, 5) is 15.3. The molecule has 0 N–H and O–H groups in total. The number of ether oxygens (including phenoxy) is 1. The van der Waals surface area contributed by atoms with Crippen LogP contribution in [0.2, 0.25) is 0 Å². The molecule has 70 valence electrons. The van der Waals surface area contributed by atoms with Crippen LogP contribution in [0.3, 0.4) is 0 Å². The molecule has 0 aromatic carbocycles. The first-order chi connectivity index (χ1) is 6.19. The summed E-state index contributed by atoms with van der Waals surface area (Å²) in [6, 6.07) is 1.72. The fourth-order valence-electron chi connectivity index (χ4n) is 0.991. The van der Waals surface area contributed by atoms with E-state index in [9.17, 15) is 4.79 Å². The van der Waals surface area contributed by atoms with Crippen molar-refractivity contribution in [3.63, 3.8) is 0 Å². The molecular weight excluding hydrogens is 190 g/mol. The number of hydrogen-bond acceptors (Lipinski definition) is 3. The molecule has 0 bridgehead atoms. The smallest absolute Gasteiger partial charge is 0.224 e. The molecule has 1 heterocycles. The van der Waals surface area contributed by atoms with E-state index in [2.05, 4.69) is 4.98 Å². The SMILES string of the molecule is COc1ncc(C)cc1C(=O)CCl. The highest BCUT2D eigenvalue weighted by Gasteiger charge is 2.11. The average Bonchev–Trinajstić information content (AvgIpc) is 2.16. The first kappa shape index (κ1) is 9.99. The maximum atomic E-state index is 11.3. The second kappa shape index (κ2) is 4.23. The van der Waals surface area contributed by atoms with Crippen LogP contribution in [0.5, 0.6) is 5.88 Å². The van der Waals surface area contributed by atoms with Gasteiger partial charge >= 0.3 is 0 Å². The number of aryl methyl sites for hydroxylation is 1. The van der Waals surface area contributed by atoms with Gasteiger partial charge in [0.1, 0.15) is 0 Å². The number of methoxy groups -OCH3 is 1. The predicted molar refractivity (Wildman–Crippen MR) is 50.6 cm³/mol. The number of rotatable bonds is 3. The van der Waals surface area contributed by atoms with Gasteiger partial charge in [0.15, 0.2) is 5.78 Å². The minimum absolute atomic E-state index is 0.0541. The van der Waals surface area contributed by atoms with E-state index >= 15 is 0 Å². The van der Waals surface area contributed by atoms with E-state index in [-0.39, 0.29) is 11.7 Å². The van der Waals surface area contributed by atoms with E-state index < -0.39 is 0 Å². The Morgan fingerprint density at radius 2 is 2.38 bits per heavy atom. The largest absolute Gasteiger partial charge is 0.480 e. The first-order valence-corrected chi connectivity index (χ1v) is 4.32. The molecule has 0 radical (unpaired) electrons. The summed E-state index contributed by atoms with van der Waals surface area (Å²) >= 11 is 5.43. The number of alkyl halides is 1. The third-order valence-corrected chi connectivity index (χ3v) is 1.85. The zero-order valence-corrected chi connectivity index (χ0v) is 8.26. The van der Waals surface area contributed by atoms with Gasteiger partial charge in [-0.05, 0) is 18.6 Å². The van der Waals surface area contributed by atoms with Gasteiger partial charge in [-0.25, -0.2) is 4.98 Å². The molecule has 1 rings (SSSR count). The molecule has 0 aliphatic rings. The molecule has 0 saturated heterocycles. The molecule has 4 heteroatoms. The predicted octanol–water partition coefficient (Wildman–Crippen LogP) is 1.82. The van der Waals surface area contributed by atoms with Crippen molar-refractivity contribution in [2.45, 2.75) is 6.92 Å². The molecule has 3 nitrogen and oxygen atoms in total. The fourth-order valence-corrected chi connectivity index (χ4v) is 1.14. The van der Waals surface area contributed by atoms with Crippen LogP contribution in [0.25, 0.3) is 0 Å². The van der Waals surface area contributed by atoms with Crippen LogP contribution in [0.4, 0.5) is 0 Å². The molecule has 0 spiro atoms. The summed E-state index contributed by atoms with van der Waals surface area (Å²) in [6.45, 7) is 1.86. The van der Waals surface area contributed by atoms with Gasteiger partial charge in [-0.1, -0.05) is 0 Å².